The molecule has 1 saturated carbocycles. The van der Waals surface area contributed by atoms with Crippen molar-refractivity contribution in [1.82, 2.24) is 20.9 Å². The van der Waals surface area contributed by atoms with E-state index in [2.05, 4.69) is 20.9 Å². The SMILES string of the molecule is CC(=O)NCCNC(=O)CN(CC1CC1)CC1CCCN1. The normalized spacial score (nSPS) is 21.5. The molecule has 0 aromatic rings. The molecule has 0 radical (unpaired) electrons. The summed E-state index contributed by atoms with van der Waals surface area (Å²) in [4.78, 5) is 25.0. The van der Waals surface area contributed by atoms with Crippen molar-refractivity contribution in [3.63, 3.8) is 0 Å². The van der Waals surface area contributed by atoms with Gasteiger partial charge in [0.1, 0.15) is 0 Å². The highest BCUT2D eigenvalue weighted by atomic mass is 16.2. The smallest absolute Gasteiger partial charge is 0.234 e. The zero-order chi connectivity index (χ0) is 15.1. The highest BCUT2D eigenvalue weighted by molar-refractivity contribution is 5.78. The van der Waals surface area contributed by atoms with Gasteiger partial charge in [-0.25, -0.2) is 0 Å². The van der Waals surface area contributed by atoms with Crippen LogP contribution in [0.5, 0.6) is 0 Å². The molecule has 3 N–H and O–H groups in total. The lowest BCUT2D eigenvalue weighted by molar-refractivity contribution is -0.123. The molecular weight excluding hydrogens is 268 g/mol. The average molecular weight is 296 g/mol. The third kappa shape index (κ3) is 6.91. The molecule has 1 saturated heterocycles. The molecule has 0 aromatic heterocycles. The predicted octanol–water partition coefficient (Wildman–Crippen LogP) is -0.297. The van der Waals surface area contributed by atoms with Crippen molar-refractivity contribution in [2.45, 2.75) is 38.6 Å². The van der Waals surface area contributed by atoms with E-state index in [1.807, 2.05) is 0 Å². The van der Waals surface area contributed by atoms with E-state index in [1.165, 1.54) is 32.6 Å². The predicted molar refractivity (Wildman–Crippen MR) is 81.9 cm³/mol. The summed E-state index contributed by atoms with van der Waals surface area (Å²) in [6.45, 7) is 6.05. The van der Waals surface area contributed by atoms with Gasteiger partial charge in [-0.2, -0.15) is 0 Å². The summed E-state index contributed by atoms with van der Waals surface area (Å²) in [5, 5.41) is 9.05. The number of hydrogen-bond donors (Lipinski definition) is 3. The quantitative estimate of drug-likeness (QED) is 0.511. The van der Waals surface area contributed by atoms with Crippen LogP contribution in [-0.2, 0) is 9.59 Å². The van der Waals surface area contributed by atoms with Gasteiger partial charge in [0.05, 0.1) is 6.54 Å². The molecule has 0 aromatic carbocycles. The number of hydrogen-bond acceptors (Lipinski definition) is 4. The minimum atomic E-state index is -0.0630. The molecule has 0 spiro atoms. The molecule has 2 rings (SSSR count). The van der Waals surface area contributed by atoms with Crippen molar-refractivity contribution >= 4 is 11.8 Å². The number of carbonyl (C=O) groups is 2. The Bertz CT molecular complexity index is 352. The van der Waals surface area contributed by atoms with E-state index in [-0.39, 0.29) is 11.8 Å². The van der Waals surface area contributed by atoms with Crippen LogP contribution < -0.4 is 16.0 Å². The summed E-state index contributed by atoms with van der Waals surface area (Å²) >= 11 is 0. The van der Waals surface area contributed by atoms with Gasteiger partial charge in [-0.15, -0.1) is 0 Å². The first-order valence-electron chi connectivity index (χ1n) is 8.10. The molecule has 2 amide bonds. The van der Waals surface area contributed by atoms with Crippen LogP contribution in [-0.4, -0.2) is 62.0 Å². The minimum absolute atomic E-state index is 0.0546. The molecule has 1 atom stereocenters. The molecular formula is C15H28N4O2. The van der Waals surface area contributed by atoms with E-state index < -0.39 is 0 Å². The van der Waals surface area contributed by atoms with Crippen molar-refractivity contribution in [2.24, 2.45) is 5.92 Å². The fraction of sp³-hybridized carbons (Fsp3) is 0.867. The number of rotatable bonds is 9. The van der Waals surface area contributed by atoms with Crippen LogP contribution in [0.1, 0.15) is 32.6 Å². The topological polar surface area (TPSA) is 73.5 Å². The Kier molecular flexibility index (Phi) is 6.45. The highest BCUT2D eigenvalue weighted by Gasteiger charge is 2.27. The molecule has 1 aliphatic carbocycles. The lowest BCUT2D eigenvalue weighted by atomic mass is 10.2. The minimum Gasteiger partial charge on any atom is -0.355 e. The average Bonchev–Trinajstić information content (AvgIpc) is 3.08. The molecule has 1 heterocycles. The van der Waals surface area contributed by atoms with Gasteiger partial charge in [-0.05, 0) is 38.1 Å². The Hall–Kier alpha value is -1.14. The summed E-state index contributed by atoms with van der Waals surface area (Å²) < 4.78 is 0. The van der Waals surface area contributed by atoms with E-state index in [0.29, 0.717) is 25.7 Å². The van der Waals surface area contributed by atoms with Crippen LogP contribution in [0.3, 0.4) is 0 Å². The van der Waals surface area contributed by atoms with Gasteiger partial charge in [0.25, 0.3) is 0 Å². The number of nitrogens with zero attached hydrogens (tertiary/aromatic N) is 1. The van der Waals surface area contributed by atoms with Crippen LogP contribution >= 0.6 is 0 Å². The first-order chi connectivity index (χ1) is 10.1. The summed E-state index contributed by atoms with van der Waals surface area (Å²) in [6, 6.07) is 0.538. The van der Waals surface area contributed by atoms with Crippen LogP contribution in [0, 0.1) is 5.92 Å². The Morgan fingerprint density at radius 1 is 1.14 bits per heavy atom. The third-order valence-electron chi connectivity index (χ3n) is 4.04. The molecule has 2 fully saturated rings. The number of amides is 2. The standard InChI is InChI=1S/C15H28N4O2/c1-12(20)16-7-8-18-15(21)11-19(9-13-4-5-13)10-14-3-2-6-17-14/h13-14,17H,2-11H2,1H3,(H,16,20)(H,18,21). The maximum Gasteiger partial charge on any atom is 0.234 e. The maximum atomic E-state index is 12.0. The van der Waals surface area contributed by atoms with E-state index in [4.69, 9.17) is 0 Å². The van der Waals surface area contributed by atoms with Gasteiger partial charge < -0.3 is 16.0 Å². The first kappa shape index (κ1) is 16.2. The zero-order valence-electron chi connectivity index (χ0n) is 13.0. The van der Waals surface area contributed by atoms with Gasteiger partial charge in [0.15, 0.2) is 0 Å². The summed E-state index contributed by atoms with van der Waals surface area (Å²) in [7, 11) is 0. The Morgan fingerprint density at radius 3 is 2.52 bits per heavy atom. The first-order valence-corrected chi connectivity index (χ1v) is 8.10. The van der Waals surface area contributed by atoms with Crippen LogP contribution in [0.4, 0.5) is 0 Å². The van der Waals surface area contributed by atoms with Crippen molar-refractivity contribution in [3.8, 4) is 0 Å². The van der Waals surface area contributed by atoms with E-state index in [9.17, 15) is 9.59 Å². The second-order valence-electron chi connectivity index (χ2n) is 6.26. The second kappa shape index (κ2) is 8.34. The Labute approximate surface area is 127 Å². The number of nitrogens with one attached hydrogen (secondary N) is 3. The molecule has 6 heteroatoms. The molecule has 6 nitrogen and oxygen atoms in total. The molecule has 2 aliphatic rings. The van der Waals surface area contributed by atoms with Crippen molar-refractivity contribution in [2.75, 3.05) is 39.3 Å². The second-order valence-corrected chi connectivity index (χ2v) is 6.26. The van der Waals surface area contributed by atoms with Crippen molar-refractivity contribution in [1.29, 1.82) is 0 Å². The van der Waals surface area contributed by atoms with Crippen LogP contribution in [0.2, 0.25) is 0 Å². The molecule has 1 unspecified atom stereocenters. The van der Waals surface area contributed by atoms with Crippen LogP contribution in [0.25, 0.3) is 0 Å². The molecule has 1 aliphatic heterocycles. The maximum absolute atomic E-state index is 12.0. The third-order valence-corrected chi connectivity index (χ3v) is 4.04. The summed E-state index contributed by atoms with van der Waals surface area (Å²) in [5.74, 6) is 0.782. The summed E-state index contributed by atoms with van der Waals surface area (Å²) in [5.41, 5.74) is 0. The van der Waals surface area contributed by atoms with Gasteiger partial charge >= 0.3 is 0 Å². The monoisotopic (exact) mass is 296 g/mol. The Balaban J connectivity index is 1.66. The molecule has 120 valence electrons. The molecule has 0 bridgehead atoms. The van der Waals surface area contributed by atoms with Gasteiger partial charge in [-0.1, -0.05) is 0 Å². The van der Waals surface area contributed by atoms with Gasteiger partial charge in [0, 0.05) is 39.1 Å². The highest BCUT2D eigenvalue weighted by Crippen LogP contribution is 2.29. The van der Waals surface area contributed by atoms with E-state index >= 15 is 0 Å². The van der Waals surface area contributed by atoms with Crippen molar-refractivity contribution in [3.05, 3.63) is 0 Å². The zero-order valence-corrected chi connectivity index (χ0v) is 13.0. The van der Waals surface area contributed by atoms with Crippen molar-refractivity contribution < 1.29 is 9.59 Å². The molecule has 21 heavy (non-hydrogen) atoms. The van der Waals surface area contributed by atoms with Crippen LogP contribution in [0.15, 0.2) is 0 Å². The lowest BCUT2D eigenvalue weighted by Gasteiger charge is -2.25. The largest absolute Gasteiger partial charge is 0.355 e. The Morgan fingerprint density at radius 2 is 1.90 bits per heavy atom. The van der Waals surface area contributed by atoms with E-state index in [0.717, 1.165) is 25.6 Å². The number of carbonyl (C=O) groups excluding carboxylic acids is 2. The lowest BCUT2D eigenvalue weighted by Crippen LogP contribution is -2.45. The fourth-order valence-corrected chi connectivity index (χ4v) is 2.79. The fourth-order valence-electron chi connectivity index (χ4n) is 2.79. The van der Waals surface area contributed by atoms with Gasteiger partial charge in [0.2, 0.25) is 11.8 Å². The van der Waals surface area contributed by atoms with E-state index in [1.54, 1.807) is 0 Å². The van der Waals surface area contributed by atoms with Gasteiger partial charge in [-0.3, -0.25) is 14.5 Å². The summed E-state index contributed by atoms with van der Waals surface area (Å²) in [6.07, 6.45) is 5.06.